The van der Waals surface area contributed by atoms with E-state index in [1.165, 1.54) is 12.1 Å². The van der Waals surface area contributed by atoms with Crippen LogP contribution in [0.15, 0.2) is 66.7 Å². The molecule has 0 aliphatic carbocycles. The van der Waals surface area contributed by atoms with Gasteiger partial charge in [0.25, 0.3) is 5.91 Å². The monoisotopic (exact) mass is 491 g/mol. The van der Waals surface area contributed by atoms with Crippen molar-refractivity contribution in [2.45, 2.75) is 26.4 Å². The molecule has 9 heteroatoms. The number of halogens is 1. The number of para-hydroxylation sites is 2. The third-order valence-corrected chi connectivity index (χ3v) is 5.51. The second-order valence-corrected chi connectivity index (χ2v) is 9.47. The summed E-state index contributed by atoms with van der Waals surface area (Å²) in [6.07, 6.45) is -0.701. The molecule has 2 amide bonds. The van der Waals surface area contributed by atoms with E-state index in [1.807, 2.05) is 30.3 Å². The maximum Gasteiger partial charge on any atom is 0.413 e. The Kier molecular flexibility index (Phi) is 7.38. The fraction of sp³-hybridized carbons (Fsp3) is 0.296. The number of anilines is 4. The molecule has 188 valence electrons. The highest BCUT2D eigenvalue weighted by Gasteiger charge is 2.25. The van der Waals surface area contributed by atoms with Gasteiger partial charge in [0.1, 0.15) is 22.9 Å². The molecule has 1 aromatic heterocycles. The van der Waals surface area contributed by atoms with Gasteiger partial charge in [-0.05, 0) is 51.1 Å². The highest BCUT2D eigenvalue weighted by Crippen LogP contribution is 2.24. The van der Waals surface area contributed by atoms with Gasteiger partial charge in [0.2, 0.25) is 0 Å². The van der Waals surface area contributed by atoms with E-state index < -0.39 is 17.5 Å². The maximum absolute atomic E-state index is 14.3. The van der Waals surface area contributed by atoms with Gasteiger partial charge in [-0.1, -0.05) is 30.3 Å². The number of hydrogen-bond donors (Lipinski definition) is 2. The Morgan fingerprint density at radius 3 is 2.28 bits per heavy atom. The van der Waals surface area contributed by atoms with Crippen LogP contribution in [0.25, 0.3) is 0 Å². The molecule has 1 saturated heterocycles. The molecule has 36 heavy (non-hydrogen) atoms. The Balaban J connectivity index is 1.54. The summed E-state index contributed by atoms with van der Waals surface area (Å²) >= 11 is 0. The van der Waals surface area contributed by atoms with Gasteiger partial charge >= 0.3 is 6.09 Å². The summed E-state index contributed by atoms with van der Waals surface area (Å²) < 4.78 is 19.6. The number of rotatable bonds is 5. The van der Waals surface area contributed by atoms with Gasteiger partial charge in [0, 0.05) is 43.6 Å². The standard InChI is InChI=1S/C27H30FN5O3/c1-27(2,3)36-26(35)31-24-18-19(29-22-12-8-7-11-21(22)28)17-23(30-24)25(34)33-15-13-32(14-16-33)20-9-5-4-6-10-20/h4-12,17-18H,13-16H2,1-3H3,(H2,29,30,31,35). The molecule has 0 saturated carbocycles. The zero-order valence-electron chi connectivity index (χ0n) is 20.6. The quantitative estimate of drug-likeness (QED) is 0.505. The van der Waals surface area contributed by atoms with Crippen molar-refractivity contribution in [3.05, 3.63) is 78.2 Å². The molecule has 0 bridgehead atoms. The molecule has 2 aromatic carbocycles. The Labute approximate surface area is 210 Å². The third-order valence-electron chi connectivity index (χ3n) is 5.51. The lowest BCUT2D eigenvalue weighted by Gasteiger charge is -2.36. The lowest BCUT2D eigenvalue weighted by molar-refractivity contribution is 0.0633. The number of nitrogens with one attached hydrogen (secondary N) is 2. The molecule has 1 aliphatic rings. The number of aromatic nitrogens is 1. The summed E-state index contributed by atoms with van der Waals surface area (Å²) in [7, 11) is 0. The van der Waals surface area contributed by atoms with E-state index in [4.69, 9.17) is 4.74 Å². The van der Waals surface area contributed by atoms with Gasteiger partial charge in [-0.2, -0.15) is 0 Å². The summed E-state index contributed by atoms with van der Waals surface area (Å²) in [5.74, 6) is -0.593. The minimum absolute atomic E-state index is 0.122. The number of carbonyl (C=O) groups excluding carboxylic acids is 2. The fourth-order valence-electron chi connectivity index (χ4n) is 3.87. The molecule has 0 atom stereocenters. The van der Waals surface area contributed by atoms with Crippen LogP contribution in [0.5, 0.6) is 0 Å². The van der Waals surface area contributed by atoms with Crippen LogP contribution in [-0.2, 0) is 4.74 Å². The highest BCUT2D eigenvalue weighted by molar-refractivity contribution is 5.95. The van der Waals surface area contributed by atoms with E-state index in [0.717, 1.165) is 5.69 Å². The van der Waals surface area contributed by atoms with Gasteiger partial charge in [0.15, 0.2) is 0 Å². The predicted molar refractivity (Wildman–Crippen MR) is 138 cm³/mol. The van der Waals surface area contributed by atoms with Crippen LogP contribution in [0.4, 0.5) is 32.1 Å². The first-order valence-corrected chi connectivity index (χ1v) is 11.8. The zero-order valence-corrected chi connectivity index (χ0v) is 20.6. The summed E-state index contributed by atoms with van der Waals surface area (Å²) in [6, 6.07) is 19.3. The van der Waals surface area contributed by atoms with Crippen LogP contribution >= 0.6 is 0 Å². The Hall–Kier alpha value is -4.14. The predicted octanol–water partition coefficient (Wildman–Crippen LogP) is 5.27. The molecule has 2 N–H and O–H groups in total. The number of nitrogens with zero attached hydrogens (tertiary/aromatic N) is 3. The fourth-order valence-corrected chi connectivity index (χ4v) is 3.87. The van der Waals surface area contributed by atoms with Crippen LogP contribution in [0.2, 0.25) is 0 Å². The second kappa shape index (κ2) is 10.6. The van der Waals surface area contributed by atoms with Gasteiger partial charge in [-0.3, -0.25) is 10.1 Å². The number of pyridine rings is 1. The van der Waals surface area contributed by atoms with E-state index in [-0.39, 0.29) is 23.1 Å². The minimum atomic E-state index is -0.704. The van der Waals surface area contributed by atoms with E-state index in [2.05, 4.69) is 20.5 Å². The number of carbonyl (C=O) groups is 2. The topological polar surface area (TPSA) is 86.8 Å². The second-order valence-electron chi connectivity index (χ2n) is 9.47. The molecule has 0 spiro atoms. The Bertz CT molecular complexity index is 1220. The number of amides is 2. The van der Waals surface area contributed by atoms with E-state index in [1.54, 1.807) is 49.9 Å². The summed E-state index contributed by atoms with van der Waals surface area (Å²) in [6.45, 7) is 7.67. The van der Waals surface area contributed by atoms with Gasteiger partial charge < -0.3 is 19.9 Å². The lowest BCUT2D eigenvalue weighted by Crippen LogP contribution is -2.49. The largest absolute Gasteiger partial charge is 0.444 e. The average Bonchev–Trinajstić information content (AvgIpc) is 2.84. The molecule has 4 rings (SSSR count). The van der Waals surface area contributed by atoms with Gasteiger partial charge in [-0.15, -0.1) is 0 Å². The van der Waals surface area contributed by atoms with Crippen molar-refractivity contribution < 1.29 is 18.7 Å². The normalized spacial score (nSPS) is 13.8. The van der Waals surface area contributed by atoms with Crippen LogP contribution in [0.3, 0.4) is 0 Å². The number of hydrogen-bond acceptors (Lipinski definition) is 6. The van der Waals surface area contributed by atoms with Crippen LogP contribution < -0.4 is 15.5 Å². The van der Waals surface area contributed by atoms with Crippen LogP contribution in [0, 0.1) is 5.82 Å². The van der Waals surface area contributed by atoms with E-state index >= 15 is 0 Å². The number of piperazine rings is 1. The highest BCUT2D eigenvalue weighted by atomic mass is 19.1. The Morgan fingerprint density at radius 2 is 1.61 bits per heavy atom. The van der Waals surface area contributed by atoms with Crippen molar-refractivity contribution in [2.75, 3.05) is 41.7 Å². The molecule has 1 aliphatic heterocycles. The van der Waals surface area contributed by atoms with Crippen molar-refractivity contribution in [3.63, 3.8) is 0 Å². The first-order valence-electron chi connectivity index (χ1n) is 11.8. The molecule has 0 unspecified atom stereocenters. The average molecular weight is 492 g/mol. The third kappa shape index (κ3) is 6.50. The lowest BCUT2D eigenvalue weighted by atomic mass is 10.2. The van der Waals surface area contributed by atoms with E-state index in [9.17, 15) is 14.0 Å². The SMILES string of the molecule is CC(C)(C)OC(=O)Nc1cc(Nc2ccccc2F)cc(C(=O)N2CCN(c3ccccc3)CC2)n1. The molecule has 3 aromatic rings. The summed E-state index contributed by atoms with van der Waals surface area (Å²) in [5.41, 5.74) is 1.19. The maximum atomic E-state index is 14.3. The number of benzene rings is 2. The van der Waals surface area contributed by atoms with Crippen molar-refractivity contribution >= 4 is 34.9 Å². The van der Waals surface area contributed by atoms with Crippen molar-refractivity contribution in [1.82, 2.24) is 9.88 Å². The minimum Gasteiger partial charge on any atom is -0.444 e. The van der Waals surface area contributed by atoms with Crippen LogP contribution in [0.1, 0.15) is 31.3 Å². The first kappa shape index (κ1) is 25.0. The summed E-state index contributed by atoms with van der Waals surface area (Å²) in [5, 5.41) is 5.56. The van der Waals surface area contributed by atoms with Crippen molar-refractivity contribution in [3.8, 4) is 0 Å². The van der Waals surface area contributed by atoms with Crippen LogP contribution in [-0.4, -0.2) is 53.7 Å². The zero-order chi connectivity index (χ0) is 25.7. The van der Waals surface area contributed by atoms with Crippen molar-refractivity contribution in [2.24, 2.45) is 0 Å². The van der Waals surface area contributed by atoms with Gasteiger partial charge in [0.05, 0.1) is 5.69 Å². The molecular formula is C27H30FN5O3. The van der Waals surface area contributed by atoms with E-state index in [0.29, 0.717) is 31.9 Å². The molecule has 2 heterocycles. The molecular weight excluding hydrogens is 461 g/mol. The first-order chi connectivity index (χ1) is 17.2. The molecule has 8 nitrogen and oxygen atoms in total. The molecule has 0 radical (unpaired) electrons. The number of ether oxygens (including phenoxy) is 1. The summed E-state index contributed by atoms with van der Waals surface area (Å²) in [4.78, 5) is 34.1. The Morgan fingerprint density at radius 1 is 0.944 bits per heavy atom. The molecule has 1 fully saturated rings. The van der Waals surface area contributed by atoms with Crippen molar-refractivity contribution in [1.29, 1.82) is 0 Å². The smallest absolute Gasteiger partial charge is 0.413 e. The van der Waals surface area contributed by atoms with Gasteiger partial charge in [-0.25, -0.2) is 14.2 Å².